The van der Waals surface area contributed by atoms with Gasteiger partial charge in [-0.1, -0.05) is 0 Å². The molecule has 0 bridgehead atoms. The number of hydrazine groups is 1. The highest BCUT2D eigenvalue weighted by Crippen LogP contribution is 2.28. The van der Waals surface area contributed by atoms with E-state index in [1.165, 1.54) is 12.8 Å². The Bertz CT molecular complexity index is 187. The summed E-state index contributed by atoms with van der Waals surface area (Å²) in [5.41, 5.74) is 9.02. The highest BCUT2D eigenvalue weighted by molar-refractivity contribution is 8.00. The first-order chi connectivity index (χ1) is 6.75. The van der Waals surface area contributed by atoms with Crippen LogP contribution >= 0.6 is 11.8 Å². The van der Waals surface area contributed by atoms with Gasteiger partial charge in [0, 0.05) is 13.7 Å². The number of thioether (sulfide) groups is 1. The van der Waals surface area contributed by atoms with Crippen LogP contribution < -0.4 is 11.2 Å². The molecule has 0 aliphatic carbocycles. The van der Waals surface area contributed by atoms with Crippen LogP contribution in [0.25, 0.3) is 0 Å². The van der Waals surface area contributed by atoms with Crippen molar-refractivity contribution < 1.29 is 4.74 Å². The fourth-order valence-electron chi connectivity index (χ4n) is 2.04. The normalized spacial score (nSPS) is 39.4. The number of nitrogens with zero attached hydrogens (tertiary/aromatic N) is 1. The van der Waals surface area contributed by atoms with Gasteiger partial charge in [-0.25, -0.2) is 10.4 Å². The van der Waals surface area contributed by atoms with E-state index in [-0.39, 0.29) is 5.50 Å². The van der Waals surface area contributed by atoms with Crippen LogP contribution in [0.15, 0.2) is 0 Å². The lowest BCUT2D eigenvalue weighted by atomic mass is 10.1. The molecule has 2 rings (SSSR count). The minimum atomic E-state index is 0.0643. The second-order valence-electron chi connectivity index (χ2n) is 3.96. The quantitative estimate of drug-likeness (QED) is 0.729. The average molecular weight is 217 g/mol. The molecule has 14 heavy (non-hydrogen) atoms. The fraction of sp³-hybridized carbons (Fsp3) is 1.00. The van der Waals surface area contributed by atoms with Gasteiger partial charge in [-0.2, -0.15) is 0 Å². The Balaban J connectivity index is 1.69. The maximum Gasteiger partial charge on any atom is 0.117 e. The van der Waals surface area contributed by atoms with Crippen LogP contribution in [0.2, 0.25) is 0 Å². The van der Waals surface area contributed by atoms with E-state index in [1.807, 2.05) is 0 Å². The van der Waals surface area contributed by atoms with E-state index < -0.39 is 0 Å². The van der Waals surface area contributed by atoms with Gasteiger partial charge in [-0.3, -0.25) is 0 Å². The Hall–Kier alpha value is 0.190. The first-order valence-electron chi connectivity index (χ1n) is 5.27. The third-order valence-electron chi connectivity index (χ3n) is 2.83. The van der Waals surface area contributed by atoms with Crippen molar-refractivity contribution >= 4 is 11.8 Å². The van der Waals surface area contributed by atoms with Crippen LogP contribution in [0, 0.1) is 0 Å². The molecule has 2 aliphatic heterocycles. The van der Waals surface area contributed by atoms with Crippen molar-refractivity contribution in [2.75, 3.05) is 13.7 Å². The summed E-state index contributed by atoms with van der Waals surface area (Å²) in [4.78, 5) is 0. The molecule has 0 saturated carbocycles. The molecule has 0 aromatic carbocycles. The van der Waals surface area contributed by atoms with Gasteiger partial charge >= 0.3 is 0 Å². The number of nitrogens with one attached hydrogen (secondary N) is 1. The van der Waals surface area contributed by atoms with Gasteiger partial charge in [0.25, 0.3) is 0 Å². The van der Waals surface area contributed by atoms with Crippen molar-refractivity contribution in [3.63, 3.8) is 0 Å². The maximum absolute atomic E-state index is 5.78. The van der Waals surface area contributed by atoms with Crippen molar-refractivity contribution in [2.24, 2.45) is 5.73 Å². The van der Waals surface area contributed by atoms with Gasteiger partial charge in [-0.15, -0.1) is 11.8 Å². The molecule has 0 radical (unpaired) electrons. The van der Waals surface area contributed by atoms with Gasteiger partial charge < -0.3 is 10.5 Å². The zero-order valence-electron chi connectivity index (χ0n) is 8.61. The van der Waals surface area contributed by atoms with E-state index in [4.69, 9.17) is 10.5 Å². The van der Waals surface area contributed by atoms with E-state index in [1.54, 1.807) is 11.8 Å². The molecule has 0 aromatic rings. The summed E-state index contributed by atoms with van der Waals surface area (Å²) < 4.78 is 5.60. The minimum absolute atomic E-state index is 0.0643. The molecular formula is C9H19N3OS. The Morgan fingerprint density at radius 1 is 1.57 bits per heavy atom. The van der Waals surface area contributed by atoms with Gasteiger partial charge in [0.2, 0.25) is 0 Å². The van der Waals surface area contributed by atoms with Gasteiger partial charge in [0.05, 0.1) is 11.5 Å². The molecule has 4 nitrogen and oxygen atoms in total. The van der Waals surface area contributed by atoms with Crippen molar-refractivity contribution in [3.05, 3.63) is 0 Å². The molecule has 82 valence electrons. The van der Waals surface area contributed by atoms with Crippen LogP contribution in [0.5, 0.6) is 0 Å². The molecule has 2 fully saturated rings. The minimum Gasteiger partial charge on any atom is -0.378 e. The standard InChI is InChI=1S/C9H19N3OS/c1-12-8(14-9(10)11-12)5-4-7-3-2-6-13-7/h7-9,11H,2-6,10H2,1H3. The summed E-state index contributed by atoms with van der Waals surface area (Å²) in [6.07, 6.45) is 5.29. The summed E-state index contributed by atoms with van der Waals surface area (Å²) in [6.45, 7) is 0.954. The fourth-order valence-corrected chi connectivity index (χ4v) is 3.12. The number of hydrogen-bond donors (Lipinski definition) is 2. The predicted molar refractivity (Wildman–Crippen MR) is 58.5 cm³/mol. The molecule has 3 unspecified atom stereocenters. The molecule has 2 aliphatic rings. The molecule has 0 amide bonds. The molecule has 2 heterocycles. The molecule has 3 N–H and O–H groups in total. The second-order valence-corrected chi connectivity index (χ2v) is 5.29. The maximum atomic E-state index is 5.78. The number of ether oxygens (including phenoxy) is 1. The van der Waals surface area contributed by atoms with E-state index in [9.17, 15) is 0 Å². The lowest BCUT2D eigenvalue weighted by Crippen LogP contribution is -2.39. The number of nitrogens with two attached hydrogens (primary N) is 1. The third-order valence-corrected chi connectivity index (χ3v) is 4.09. The first kappa shape index (κ1) is 10.7. The lowest BCUT2D eigenvalue weighted by Gasteiger charge is -2.18. The first-order valence-corrected chi connectivity index (χ1v) is 6.21. The number of hydrogen-bond acceptors (Lipinski definition) is 5. The Kier molecular flexibility index (Phi) is 3.67. The smallest absolute Gasteiger partial charge is 0.117 e. The summed E-state index contributed by atoms with van der Waals surface area (Å²) in [6, 6.07) is 0. The zero-order chi connectivity index (χ0) is 9.97. The van der Waals surface area contributed by atoms with Crippen molar-refractivity contribution in [2.45, 2.75) is 42.7 Å². The van der Waals surface area contributed by atoms with E-state index >= 15 is 0 Å². The third kappa shape index (κ3) is 2.61. The van der Waals surface area contributed by atoms with Crippen molar-refractivity contribution in [1.82, 2.24) is 10.4 Å². The van der Waals surface area contributed by atoms with Crippen LogP contribution in [0.3, 0.4) is 0 Å². The largest absolute Gasteiger partial charge is 0.378 e. The lowest BCUT2D eigenvalue weighted by molar-refractivity contribution is 0.0964. The Morgan fingerprint density at radius 2 is 2.43 bits per heavy atom. The molecule has 2 saturated heterocycles. The van der Waals surface area contributed by atoms with Crippen molar-refractivity contribution in [3.8, 4) is 0 Å². The zero-order valence-corrected chi connectivity index (χ0v) is 9.43. The number of rotatable bonds is 3. The summed E-state index contributed by atoms with van der Waals surface area (Å²) >= 11 is 1.79. The summed E-state index contributed by atoms with van der Waals surface area (Å²) in [5.74, 6) is 0. The SMILES string of the molecule is CN1NC(N)SC1CCC1CCCO1. The molecule has 3 atom stereocenters. The monoisotopic (exact) mass is 217 g/mol. The van der Waals surface area contributed by atoms with E-state index in [0.717, 1.165) is 19.4 Å². The molecule has 0 spiro atoms. The van der Waals surface area contributed by atoms with Gasteiger partial charge in [-0.05, 0) is 25.7 Å². The topological polar surface area (TPSA) is 50.5 Å². The van der Waals surface area contributed by atoms with E-state index in [0.29, 0.717) is 11.5 Å². The van der Waals surface area contributed by atoms with Crippen molar-refractivity contribution in [1.29, 1.82) is 0 Å². The highest BCUT2D eigenvalue weighted by atomic mass is 32.2. The second kappa shape index (κ2) is 4.81. The van der Waals surface area contributed by atoms with Crippen LogP contribution in [0.4, 0.5) is 0 Å². The van der Waals surface area contributed by atoms with Crippen LogP contribution in [-0.4, -0.2) is 35.6 Å². The predicted octanol–water partition coefficient (Wildman–Crippen LogP) is 0.697. The molecule has 5 heteroatoms. The average Bonchev–Trinajstić information content (AvgIpc) is 2.72. The van der Waals surface area contributed by atoms with Crippen LogP contribution in [-0.2, 0) is 4.74 Å². The van der Waals surface area contributed by atoms with E-state index in [2.05, 4.69) is 17.5 Å². The highest BCUT2D eigenvalue weighted by Gasteiger charge is 2.28. The summed E-state index contributed by atoms with van der Waals surface area (Å²) in [7, 11) is 2.06. The molecular weight excluding hydrogens is 198 g/mol. The van der Waals surface area contributed by atoms with Gasteiger partial charge in [0.15, 0.2) is 0 Å². The molecule has 0 aromatic heterocycles. The summed E-state index contributed by atoms with van der Waals surface area (Å²) in [5, 5.41) is 2.62. The van der Waals surface area contributed by atoms with Gasteiger partial charge in [0.1, 0.15) is 5.50 Å². The van der Waals surface area contributed by atoms with Crippen LogP contribution in [0.1, 0.15) is 25.7 Å². The Morgan fingerprint density at radius 3 is 3.00 bits per heavy atom. The Labute approximate surface area is 89.5 Å².